The zero-order valence-electron chi connectivity index (χ0n) is 12.1. The van der Waals surface area contributed by atoms with Gasteiger partial charge >= 0.3 is 0 Å². The summed E-state index contributed by atoms with van der Waals surface area (Å²) in [7, 11) is 0. The highest BCUT2D eigenvalue weighted by molar-refractivity contribution is 7.13. The van der Waals surface area contributed by atoms with Crippen molar-refractivity contribution in [2.75, 3.05) is 18.4 Å². The Morgan fingerprint density at radius 2 is 2.43 bits per heavy atom. The van der Waals surface area contributed by atoms with Crippen LogP contribution in [0, 0.1) is 5.41 Å². The summed E-state index contributed by atoms with van der Waals surface area (Å²) in [4.78, 5) is 16.9. The Morgan fingerprint density at radius 3 is 3.10 bits per heavy atom. The van der Waals surface area contributed by atoms with Crippen molar-refractivity contribution in [1.29, 1.82) is 0 Å². The number of carbonyl (C=O) groups is 1. The molecular formula is C16H19N3OS. The van der Waals surface area contributed by atoms with Gasteiger partial charge in [-0.15, -0.1) is 11.3 Å². The maximum Gasteiger partial charge on any atom is 0.231 e. The molecule has 1 aromatic carbocycles. The Morgan fingerprint density at radius 1 is 1.52 bits per heavy atom. The number of rotatable bonds is 4. The molecule has 2 aromatic rings. The first-order valence-corrected chi connectivity index (χ1v) is 8.13. The van der Waals surface area contributed by atoms with Gasteiger partial charge in [-0.25, -0.2) is 4.98 Å². The lowest BCUT2D eigenvalue weighted by molar-refractivity contribution is -0.124. The van der Waals surface area contributed by atoms with Crippen LogP contribution in [0.15, 0.2) is 35.8 Å². The van der Waals surface area contributed by atoms with Crippen LogP contribution >= 0.6 is 11.3 Å². The normalized spacial score (nSPS) is 21.4. The van der Waals surface area contributed by atoms with Crippen LogP contribution in [0.2, 0.25) is 0 Å². The van der Waals surface area contributed by atoms with Crippen LogP contribution < -0.4 is 10.6 Å². The molecule has 1 unspecified atom stereocenters. The first kappa shape index (κ1) is 14.2. The van der Waals surface area contributed by atoms with Gasteiger partial charge in [0.05, 0.1) is 5.41 Å². The van der Waals surface area contributed by atoms with E-state index in [1.807, 2.05) is 29.6 Å². The van der Waals surface area contributed by atoms with E-state index in [4.69, 9.17) is 0 Å². The number of anilines is 1. The predicted molar refractivity (Wildman–Crippen MR) is 86.4 cm³/mol. The molecule has 3 rings (SSSR count). The van der Waals surface area contributed by atoms with Gasteiger partial charge in [-0.3, -0.25) is 4.79 Å². The largest absolute Gasteiger partial charge is 0.326 e. The lowest BCUT2D eigenvalue weighted by Gasteiger charge is -2.25. The second-order valence-corrected chi connectivity index (χ2v) is 6.33. The maximum absolute atomic E-state index is 12.6. The smallest absolute Gasteiger partial charge is 0.231 e. The van der Waals surface area contributed by atoms with Gasteiger partial charge in [0.1, 0.15) is 5.01 Å². The summed E-state index contributed by atoms with van der Waals surface area (Å²) in [6.07, 6.45) is 3.56. The van der Waals surface area contributed by atoms with E-state index in [0.29, 0.717) is 0 Å². The van der Waals surface area contributed by atoms with Crippen LogP contribution in [0.3, 0.4) is 0 Å². The summed E-state index contributed by atoms with van der Waals surface area (Å²) in [5.74, 6) is 0.117. The number of aromatic nitrogens is 1. The van der Waals surface area contributed by atoms with Gasteiger partial charge in [-0.1, -0.05) is 19.1 Å². The molecule has 110 valence electrons. The van der Waals surface area contributed by atoms with Crippen molar-refractivity contribution in [1.82, 2.24) is 10.3 Å². The lowest BCUT2D eigenvalue weighted by Crippen LogP contribution is -2.37. The van der Waals surface area contributed by atoms with E-state index >= 15 is 0 Å². The van der Waals surface area contributed by atoms with Gasteiger partial charge in [0.15, 0.2) is 0 Å². The highest BCUT2D eigenvalue weighted by Crippen LogP contribution is 2.31. The number of hydrogen-bond acceptors (Lipinski definition) is 4. The molecule has 1 atom stereocenters. The van der Waals surface area contributed by atoms with Gasteiger partial charge in [0.25, 0.3) is 0 Å². The fraction of sp³-hybridized carbons (Fsp3) is 0.375. The van der Waals surface area contributed by atoms with Crippen molar-refractivity contribution >= 4 is 22.9 Å². The van der Waals surface area contributed by atoms with E-state index in [9.17, 15) is 4.79 Å². The number of nitrogens with zero attached hydrogens (tertiary/aromatic N) is 1. The van der Waals surface area contributed by atoms with Crippen LogP contribution in [0.1, 0.15) is 19.8 Å². The van der Waals surface area contributed by atoms with Gasteiger partial charge in [0, 0.05) is 29.4 Å². The molecular weight excluding hydrogens is 282 g/mol. The van der Waals surface area contributed by atoms with Crippen molar-refractivity contribution in [2.45, 2.75) is 19.8 Å². The molecule has 1 saturated heterocycles. The first-order chi connectivity index (χ1) is 10.2. The highest BCUT2D eigenvalue weighted by Gasteiger charge is 2.39. The highest BCUT2D eigenvalue weighted by atomic mass is 32.1. The molecule has 0 radical (unpaired) electrons. The molecule has 21 heavy (non-hydrogen) atoms. The molecule has 1 aromatic heterocycles. The van der Waals surface area contributed by atoms with E-state index < -0.39 is 0 Å². The minimum Gasteiger partial charge on any atom is -0.326 e. The van der Waals surface area contributed by atoms with Gasteiger partial charge < -0.3 is 10.6 Å². The Labute approximate surface area is 128 Å². The van der Waals surface area contributed by atoms with Crippen LogP contribution in [-0.4, -0.2) is 24.0 Å². The summed E-state index contributed by atoms with van der Waals surface area (Å²) >= 11 is 1.60. The minimum absolute atomic E-state index is 0.117. The molecule has 2 heterocycles. The van der Waals surface area contributed by atoms with Crippen LogP contribution in [0.5, 0.6) is 0 Å². The summed E-state index contributed by atoms with van der Waals surface area (Å²) in [6.45, 7) is 3.76. The Hall–Kier alpha value is -1.72. The number of amides is 1. The quantitative estimate of drug-likeness (QED) is 0.912. The third-order valence-corrected chi connectivity index (χ3v) is 5.02. The average Bonchev–Trinajstić information content (AvgIpc) is 3.20. The van der Waals surface area contributed by atoms with Crippen LogP contribution in [-0.2, 0) is 4.79 Å². The Kier molecular flexibility index (Phi) is 4.03. The molecule has 1 aliphatic heterocycles. The van der Waals surface area contributed by atoms with E-state index in [-0.39, 0.29) is 11.3 Å². The van der Waals surface area contributed by atoms with Crippen molar-refractivity contribution in [3.63, 3.8) is 0 Å². The average molecular weight is 301 g/mol. The zero-order chi connectivity index (χ0) is 14.7. The summed E-state index contributed by atoms with van der Waals surface area (Å²) in [6, 6.07) is 7.89. The molecule has 5 heteroatoms. The second kappa shape index (κ2) is 5.95. The number of thiazole rings is 1. The molecule has 1 fully saturated rings. The number of hydrogen-bond donors (Lipinski definition) is 2. The van der Waals surface area contributed by atoms with Crippen molar-refractivity contribution in [3.8, 4) is 10.6 Å². The van der Waals surface area contributed by atoms with Crippen LogP contribution in [0.25, 0.3) is 10.6 Å². The van der Waals surface area contributed by atoms with Gasteiger partial charge in [-0.2, -0.15) is 0 Å². The first-order valence-electron chi connectivity index (χ1n) is 7.26. The van der Waals surface area contributed by atoms with Crippen molar-refractivity contribution in [3.05, 3.63) is 35.8 Å². The Bertz CT molecular complexity index is 618. The fourth-order valence-corrected chi connectivity index (χ4v) is 3.39. The summed E-state index contributed by atoms with van der Waals surface area (Å²) < 4.78 is 0. The molecule has 4 nitrogen and oxygen atoms in total. The SMILES string of the molecule is CCC1(C(=O)Nc2cccc(-c3nccs3)c2)CCNC1. The number of benzene rings is 1. The Balaban J connectivity index is 1.79. The number of nitrogens with one attached hydrogen (secondary N) is 2. The van der Waals surface area contributed by atoms with Gasteiger partial charge in [-0.05, 0) is 31.5 Å². The van der Waals surface area contributed by atoms with Gasteiger partial charge in [0.2, 0.25) is 5.91 Å². The molecule has 0 saturated carbocycles. The van der Waals surface area contributed by atoms with Crippen LogP contribution in [0.4, 0.5) is 5.69 Å². The number of carbonyl (C=O) groups excluding carboxylic acids is 1. The third-order valence-electron chi connectivity index (χ3n) is 4.20. The molecule has 0 bridgehead atoms. The monoisotopic (exact) mass is 301 g/mol. The standard InChI is InChI=1S/C16H19N3OS/c1-2-16(6-7-17-11-16)15(20)19-13-5-3-4-12(10-13)14-18-8-9-21-14/h3-5,8-10,17H,2,6-7,11H2,1H3,(H,19,20). The summed E-state index contributed by atoms with van der Waals surface area (Å²) in [5, 5.41) is 9.30. The van der Waals surface area contributed by atoms with E-state index in [1.54, 1.807) is 17.5 Å². The predicted octanol–water partition coefficient (Wildman–Crippen LogP) is 3.14. The molecule has 2 N–H and O–H groups in total. The van der Waals surface area contributed by atoms with E-state index in [0.717, 1.165) is 42.2 Å². The molecule has 1 aliphatic rings. The maximum atomic E-state index is 12.6. The van der Waals surface area contributed by atoms with E-state index in [1.165, 1.54) is 0 Å². The minimum atomic E-state index is -0.267. The third kappa shape index (κ3) is 2.84. The zero-order valence-corrected chi connectivity index (χ0v) is 12.9. The van der Waals surface area contributed by atoms with Crippen molar-refractivity contribution in [2.24, 2.45) is 5.41 Å². The molecule has 0 aliphatic carbocycles. The summed E-state index contributed by atoms with van der Waals surface area (Å²) in [5.41, 5.74) is 1.61. The molecule has 1 amide bonds. The molecule has 0 spiro atoms. The topological polar surface area (TPSA) is 54.0 Å². The fourth-order valence-electron chi connectivity index (χ4n) is 2.76. The lowest BCUT2D eigenvalue weighted by atomic mass is 9.83. The van der Waals surface area contributed by atoms with Crippen molar-refractivity contribution < 1.29 is 4.79 Å². The van der Waals surface area contributed by atoms with E-state index in [2.05, 4.69) is 22.5 Å². The second-order valence-electron chi connectivity index (χ2n) is 5.43.